The van der Waals surface area contributed by atoms with Crippen LogP contribution in [0.2, 0.25) is 0 Å². The molecule has 2 rings (SSSR count). The first kappa shape index (κ1) is 14.5. The summed E-state index contributed by atoms with van der Waals surface area (Å²) in [5.41, 5.74) is 8.79. The molecule has 0 fully saturated rings. The second-order valence-electron chi connectivity index (χ2n) is 4.95. The molecule has 1 atom stereocenters. The smallest absolute Gasteiger partial charge is 0.226 e. The lowest BCUT2D eigenvalue weighted by molar-refractivity contribution is -0.121. The number of carbonyl (C=O) groups is 1. The third-order valence-electron chi connectivity index (χ3n) is 3.11. The van der Waals surface area contributed by atoms with Crippen molar-refractivity contribution in [1.82, 2.24) is 10.3 Å². The lowest BCUT2D eigenvalue weighted by Gasteiger charge is -2.15. The van der Waals surface area contributed by atoms with Gasteiger partial charge in [0.1, 0.15) is 0 Å². The van der Waals surface area contributed by atoms with E-state index in [2.05, 4.69) is 29.4 Å². The van der Waals surface area contributed by atoms with Crippen molar-refractivity contribution in [2.75, 3.05) is 5.73 Å². The van der Waals surface area contributed by atoms with Gasteiger partial charge in [0.05, 0.1) is 12.1 Å². The van der Waals surface area contributed by atoms with Crippen molar-refractivity contribution in [3.05, 3.63) is 46.5 Å². The monoisotopic (exact) mass is 289 g/mol. The highest BCUT2D eigenvalue weighted by molar-refractivity contribution is 7.13. The number of benzene rings is 1. The number of anilines is 1. The van der Waals surface area contributed by atoms with Gasteiger partial charge in [-0.25, -0.2) is 4.98 Å². The predicted octanol–water partition coefficient (Wildman–Crippen LogP) is 2.32. The third-order valence-corrected chi connectivity index (χ3v) is 3.83. The van der Waals surface area contributed by atoms with Crippen LogP contribution in [0.15, 0.2) is 29.6 Å². The van der Waals surface area contributed by atoms with Crippen LogP contribution in [0, 0.1) is 6.92 Å². The van der Waals surface area contributed by atoms with Gasteiger partial charge >= 0.3 is 0 Å². The van der Waals surface area contributed by atoms with Crippen LogP contribution in [-0.4, -0.2) is 16.9 Å². The predicted molar refractivity (Wildman–Crippen MR) is 82.7 cm³/mol. The fourth-order valence-electron chi connectivity index (χ4n) is 2.11. The van der Waals surface area contributed by atoms with Crippen molar-refractivity contribution in [2.45, 2.75) is 32.7 Å². The molecule has 1 amide bonds. The Hall–Kier alpha value is -1.88. The number of rotatable bonds is 5. The molecule has 5 heteroatoms. The van der Waals surface area contributed by atoms with E-state index < -0.39 is 0 Å². The van der Waals surface area contributed by atoms with Crippen molar-refractivity contribution in [3.8, 4) is 0 Å². The molecule has 1 unspecified atom stereocenters. The molecular weight excluding hydrogens is 270 g/mol. The number of nitrogens with zero attached hydrogens (tertiary/aromatic N) is 1. The maximum absolute atomic E-state index is 11.9. The summed E-state index contributed by atoms with van der Waals surface area (Å²) in [5.74, 6) is -0.0172. The van der Waals surface area contributed by atoms with Gasteiger partial charge < -0.3 is 11.1 Å². The first-order valence-corrected chi connectivity index (χ1v) is 7.46. The van der Waals surface area contributed by atoms with Crippen molar-refractivity contribution < 1.29 is 4.79 Å². The van der Waals surface area contributed by atoms with Crippen LogP contribution in [-0.2, 0) is 17.6 Å². The Morgan fingerprint density at radius 2 is 2.20 bits per heavy atom. The Bertz CT molecular complexity index is 594. The number of hydrogen-bond donors (Lipinski definition) is 2. The number of nitrogens with two attached hydrogens (primary N) is 1. The summed E-state index contributed by atoms with van der Waals surface area (Å²) in [5, 5.41) is 5.32. The molecule has 0 spiro atoms. The van der Waals surface area contributed by atoms with Crippen molar-refractivity contribution in [2.24, 2.45) is 0 Å². The SMILES string of the molecule is Cc1ccccc1CC(C)NC(=O)Cc1csc(N)n1. The van der Waals surface area contributed by atoms with E-state index in [0.717, 1.165) is 12.1 Å². The van der Waals surface area contributed by atoms with E-state index in [4.69, 9.17) is 5.73 Å². The summed E-state index contributed by atoms with van der Waals surface area (Å²) < 4.78 is 0. The van der Waals surface area contributed by atoms with Crippen molar-refractivity contribution in [3.63, 3.8) is 0 Å². The fraction of sp³-hybridized carbons (Fsp3) is 0.333. The zero-order chi connectivity index (χ0) is 14.5. The number of nitrogen functional groups attached to an aromatic ring is 1. The molecule has 1 aromatic heterocycles. The van der Waals surface area contributed by atoms with Crippen LogP contribution in [0.5, 0.6) is 0 Å². The summed E-state index contributed by atoms with van der Waals surface area (Å²) in [6.45, 7) is 4.10. The highest BCUT2D eigenvalue weighted by Gasteiger charge is 2.11. The van der Waals surface area contributed by atoms with E-state index >= 15 is 0 Å². The van der Waals surface area contributed by atoms with Crippen LogP contribution in [0.3, 0.4) is 0 Å². The summed E-state index contributed by atoms with van der Waals surface area (Å²) in [4.78, 5) is 16.0. The van der Waals surface area contributed by atoms with Gasteiger partial charge in [0.2, 0.25) is 5.91 Å². The quantitative estimate of drug-likeness (QED) is 0.887. The molecule has 0 radical (unpaired) electrons. The van der Waals surface area contributed by atoms with Crippen molar-refractivity contribution >= 4 is 22.4 Å². The molecule has 0 saturated heterocycles. The molecule has 3 N–H and O–H groups in total. The minimum absolute atomic E-state index is 0.0172. The normalized spacial score (nSPS) is 12.1. The maximum Gasteiger partial charge on any atom is 0.226 e. The van der Waals surface area contributed by atoms with Gasteiger partial charge in [-0.2, -0.15) is 0 Å². The van der Waals surface area contributed by atoms with Gasteiger partial charge in [-0.05, 0) is 31.4 Å². The molecule has 0 aliphatic rings. The summed E-state index contributed by atoms with van der Waals surface area (Å²) in [6.07, 6.45) is 1.11. The molecule has 0 bridgehead atoms. The van der Waals surface area contributed by atoms with E-state index in [0.29, 0.717) is 5.13 Å². The largest absolute Gasteiger partial charge is 0.375 e. The molecule has 0 saturated carbocycles. The topological polar surface area (TPSA) is 68.0 Å². The Morgan fingerprint density at radius 3 is 2.85 bits per heavy atom. The second-order valence-corrected chi connectivity index (χ2v) is 5.84. The molecule has 20 heavy (non-hydrogen) atoms. The molecule has 0 aliphatic heterocycles. The van der Waals surface area contributed by atoms with Gasteiger partial charge in [0.25, 0.3) is 0 Å². The van der Waals surface area contributed by atoms with E-state index in [9.17, 15) is 4.79 Å². The van der Waals surface area contributed by atoms with E-state index in [1.807, 2.05) is 24.4 Å². The number of carbonyl (C=O) groups excluding carboxylic acids is 1. The Kier molecular flexibility index (Phi) is 4.74. The zero-order valence-electron chi connectivity index (χ0n) is 11.7. The average Bonchev–Trinajstić information content (AvgIpc) is 2.77. The van der Waals surface area contributed by atoms with E-state index in [1.165, 1.54) is 22.5 Å². The minimum atomic E-state index is -0.0172. The Labute approximate surface area is 123 Å². The summed E-state index contributed by atoms with van der Waals surface area (Å²) in [7, 11) is 0. The highest BCUT2D eigenvalue weighted by Crippen LogP contribution is 2.12. The van der Waals surface area contributed by atoms with Crippen LogP contribution in [0.1, 0.15) is 23.7 Å². The summed E-state index contributed by atoms with van der Waals surface area (Å²) >= 11 is 1.36. The van der Waals surface area contributed by atoms with Gasteiger partial charge in [0, 0.05) is 11.4 Å². The number of amides is 1. The van der Waals surface area contributed by atoms with Crippen LogP contribution in [0.25, 0.3) is 0 Å². The molecule has 1 aromatic carbocycles. The molecular formula is C15H19N3OS. The number of aromatic nitrogens is 1. The highest BCUT2D eigenvalue weighted by atomic mass is 32.1. The number of aryl methyl sites for hydroxylation is 1. The van der Waals surface area contributed by atoms with E-state index in [1.54, 1.807) is 0 Å². The Morgan fingerprint density at radius 1 is 1.45 bits per heavy atom. The molecule has 0 aliphatic carbocycles. The minimum Gasteiger partial charge on any atom is -0.375 e. The van der Waals surface area contributed by atoms with Gasteiger partial charge in [0.15, 0.2) is 5.13 Å². The van der Waals surface area contributed by atoms with Crippen LogP contribution < -0.4 is 11.1 Å². The number of nitrogens with one attached hydrogen (secondary N) is 1. The van der Waals surface area contributed by atoms with Crippen LogP contribution >= 0.6 is 11.3 Å². The lowest BCUT2D eigenvalue weighted by atomic mass is 10.0. The number of hydrogen-bond acceptors (Lipinski definition) is 4. The third kappa shape index (κ3) is 4.06. The van der Waals surface area contributed by atoms with Gasteiger partial charge in [-0.3, -0.25) is 4.79 Å². The lowest BCUT2D eigenvalue weighted by Crippen LogP contribution is -2.35. The summed E-state index contributed by atoms with van der Waals surface area (Å²) in [6, 6.07) is 8.32. The first-order chi connectivity index (χ1) is 9.54. The standard InChI is InChI=1S/C15H19N3OS/c1-10-5-3-4-6-12(10)7-11(2)17-14(19)8-13-9-20-15(16)18-13/h3-6,9,11H,7-8H2,1-2H3,(H2,16,18)(H,17,19). The van der Waals surface area contributed by atoms with E-state index in [-0.39, 0.29) is 18.4 Å². The fourth-order valence-corrected chi connectivity index (χ4v) is 2.68. The molecule has 1 heterocycles. The van der Waals surface area contributed by atoms with Gasteiger partial charge in [-0.1, -0.05) is 24.3 Å². The van der Waals surface area contributed by atoms with Gasteiger partial charge in [-0.15, -0.1) is 11.3 Å². The molecule has 2 aromatic rings. The Balaban J connectivity index is 1.86. The number of thiazole rings is 1. The molecule has 4 nitrogen and oxygen atoms in total. The second kappa shape index (κ2) is 6.52. The molecule has 106 valence electrons. The first-order valence-electron chi connectivity index (χ1n) is 6.58. The zero-order valence-corrected chi connectivity index (χ0v) is 12.5. The average molecular weight is 289 g/mol. The van der Waals surface area contributed by atoms with Crippen LogP contribution in [0.4, 0.5) is 5.13 Å². The maximum atomic E-state index is 11.9. The van der Waals surface area contributed by atoms with Crippen molar-refractivity contribution in [1.29, 1.82) is 0 Å².